The molecule has 1 amide bonds. The van der Waals surface area contributed by atoms with Gasteiger partial charge in [-0.1, -0.05) is 24.3 Å². The second kappa shape index (κ2) is 10.4. The zero-order valence-corrected chi connectivity index (χ0v) is 20.9. The Morgan fingerprint density at radius 3 is 2.31 bits per heavy atom. The molecule has 5 rings (SSSR count). The van der Waals surface area contributed by atoms with E-state index in [1.54, 1.807) is 32.3 Å². The second-order valence-corrected chi connectivity index (χ2v) is 8.87. The van der Waals surface area contributed by atoms with Gasteiger partial charge in [0.25, 0.3) is 5.91 Å². The number of anilines is 2. The molecule has 0 radical (unpaired) electrons. The van der Waals surface area contributed by atoms with Crippen molar-refractivity contribution in [1.29, 1.82) is 0 Å². The molecule has 2 aliphatic heterocycles. The Balaban J connectivity index is 1.20. The maximum Gasteiger partial charge on any atom is 0.278 e. The van der Waals surface area contributed by atoms with Crippen LogP contribution in [0.5, 0.6) is 17.2 Å². The van der Waals surface area contributed by atoms with Gasteiger partial charge in [0.2, 0.25) is 5.75 Å². The van der Waals surface area contributed by atoms with Crippen LogP contribution in [0.4, 0.5) is 11.5 Å². The number of piperazine rings is 1. The maximum atomic E-state index is 13.0. The van der Waals surface area contributed by atoms with Gasteiger partial charge in [-0.05, 0) is 36.2 Å². The highest BCUT2D eigenvalue weighted by Gasteiger charge is 2.27. The number of carbonyl (C=O) groups excluding carboxylic acids is 1. The summed E-state index contributed by atoms with van der Waals surface area (Å²) in [6.07, 6.45) is 0.868. The van der Waals surface area contributed by atoms with Gasteiger partial charge in [0.05, 0.1) is 21.3 Å². The van der Waals surface area contributed by atoms with Crippen LogP contribution in [0.3, 0.4) is 0 Å². The van der Waals surface area contributed by atoms with E-state index in [0.29, 0.717) is 29.5 Å². The molecule has 1 fully saturated rings. The largest absolute Gasteiger partial charge is 0.493 e. The molecule has 2 aliphatic rings. The van der Waals surface area contributed by atoms with Gasteiger partial charge in [0.15, 0.2) is 23.0 Å². The van der Waals surface area contributed by atoms with Crippen LogP contribution in [0, 0.1) is 0 Å². The minimum atomic E-state index is -0.104. The third kappa shape index (κ3) is 4.54. The summed E-state index contributed by atoms with van der Waals surface area (Å²) in [5.74, 6) is 2.64. The Hall–Kier alpha value is -3.85. The summed E-state index contributed by atoms with van der Waals surface area (Å²) in [6.45, 7) is 4.78. The molecule has 0 spiro atoms. The molecule has 0 atom stereocenters. The lowest BCUT2D eigenvalue weighted by Crippen LogP contribution is -2.46. The topological polar surface area (TPSA) is 80.3 Å². The third-order valence-corrected chi connectivity index (χ3v) is 6.88. The molecule has 2 aromatic carbocycles. The van der Waals surface area contributed by atoms with E-state index in [4.69, 9.17) is 14.2 Å². The van der Waals surface area contributed by atoms with Gasteiger partial charge in [-0.3, -0.25) is 9.69 Å². The van der Waals surface area contributed by atoms with E-state index in [0.717, 1.165) is 56.2 Å². The van der Waals surface area contributed by atoms with Gasteiger partial charge in [-0.2, -0.15) is 0 Å². The van der Waals surface area contributed by atoms with Crippen molar-refractivity contribution in [2.45, 2.75) is 13.0 Å². The fourth-order valence-corrected chi connectivity index (χ4v) is 4.96. The van der Waals surface area contributed by atoms with Crippen molar-refractivity contribution in [1.82, 2.24) is 15.1 Å². The van der Waals surface area contributed by atoms with Gasteiger partial charge in [-0.15, -0.1) is 10.2 Å². The van der Waals surface area contributed by atoms with Crippen molar-refractivity contribution >= 4 is 17.4 Å². The summed E-state index contributed by atoms with van der Waals surface area (Å²) in [7, 11) is 4.88. The number of carbonyl (C=O) groups is 1. The van der Waals surface area contributed by atoms with E-state index >= 15 is 0 Å². The molecule has 1 saturated heterocycles. The zero-order chi connectivity index (χ0) is 25.1. The highest BCUT2D eigenvalue weighted by atomic mass is 16.5. The van der Waals surface area contributed by atoms with Crippen molar-refractivity contribution < 1.29 is 19.0 Å². The summed E-state index contributed by atoms with van der Waals surface area (Å²) >= 11 is 0. The van der Waals surface area contributed by atoms with Crippen LogP contribution in [0.15, 0.2) is 48.5 Å². The fourth-order valence-electron chi connectivity index (χ4n) is 4.96. The molecule has 3 heterocycles. The van der Waals surface area contributed by atoms with Crippen molar-refractivity contribution in [2.75, 3.05) is 63.9 Å². The number of para-hydroxylation sites is 1. The Kier molecular flexibility index (Phi) is 6.90. The number of amides is 1. The highest BCUT2D eigenvalue weighted by molar-refractivity contribution is 6.06. The zero-order valence-electron chi connectivity index (χ0n) is 20.9. The van der Waals surface area contributed by atoms with Gasteiger partial charge in [-0.25, -0.2) is 0 Å². The monoisotopic (exact) mass is 489 g/mol. The number of methoxy groups -OCH3 is 3. The summed E-state index contributed by atoms with van der Waals surface area (Å²) in [5.41, 5.74) is 3.58. The number of rotatable bonds is 7. The van der Waals surface area contributed by atoms with Crippen molar-refractivity contribution in [3.63, 3.8) is 0 Å². The van der Waals surface area contributed by atoms with Gasteiger partial charge in [0.1, 0.15) is 0 Å². The molecule has 1 aromatic heterocycles. The standard InChI is InChI=1S/C27H31N5O4/c1-34-23-10-8-20(25(35-2)26(23)36-3)18-30-14-16-31(17-15-30)24-11-9-21(28-29-24)27(33)32-13-12-19-6-4-5-7-22(19)32/h4-11H,12-18H2,1-3H3. The first-order valence-corrected chi connectivity index (χ1v) is 12.1. The van der Waals surface area contributed by atoms with E-state index in [1.807, 2.05) is 36.4 Å². The van der Waals surface area contributed by atoms with Crippen molar-refractivity contribution in [3.05, 3.63) is 65.4 Å². The predicted molar refractivity (Wildman–Crippen MR) is 137 cm³/mol. The van der Waals surface area contributed by atoms with Crippen LogP contribution < -0.4 is 24.0 Å². The number of hydrogen-bond donors (Lipinski definition) is 0. The van der Waals surface area contributed by atoms with E-state index < -0.39 is 0 Å². The molecule has 36 heavy (non-hydrogen) atoms. The summed E-state index contributed by atoms with van der Waals surface area (Å²) in [4.78, 5) is 19.4. The quantitative estimate of drug-likeness (QED) is 0.501. The first-order valence-electron chi connectivity index (χ1n) is 12.1. The molecule has 0 unspecified atom stereocenters. The van der Waals surface area contributed by atoms with Gasteiger partial charge in [0, 0.05) is 50.5 Å². The Morgan fingerprint density at radius 1 is 0.833 bits per heavy atom. The minimum absolute atomic E-state index is 0.104. The van der Waals surface area contributed by atoms with E-state index in [-0.39, 0.29) is 5.91 Å². The number of ether oxygens (including phenoxy) is 3. The lowest BCUT2D eigenvalue weighted by atomic mass is 10.1. The van der Waals surface area contributed by atoms with Gasteiger partial charge < -0.3 is 24.0 Å². The van der Waals surface area contributed by atoms with Crippen LogP contribution in [0.2, 0.25) is 0 Å². The smallest absolute Gasteiger partial charge is 0.278 e. The van der Waals surface area contributed by atoms with Gasteiger partial charge >= 0.3 is 0 Å². The molecule has 0 saturated carbocycles. The fraction of sp³-hybridized carbons (Fsp3) is 0.370. The molecule has 3 aromatic rings. The average Bonchev–Trinajstić information content (AvgIpc) is 3.37. The summed E-state index contributed by atoms with van der Waals surface area (Å²) in [5, 5.41) is 8.67. The highest BCUT2D eigenvalue weighted by Crippen LogP contribution is 2.40. The first kappa shape index (κ1) is 23.9. The lowest BCUT2D eigenvalue weighted by molar-refractivity contribution is 0.0983. The number of benzene rings is 2. The molecular weight excluding hydrogens is 458 g/mol. The molecule has 0 aliphatic carbocycles. The average molecular weight is 490 g/mol. The molecular formula is C27H31N5O4. The van der Waals surface area contributed by atoms with Crippen LogP contribution >= 0.6 is 0 Å². The SMILES string of the molecule is COc1ccc(CN2CCN(c3ccc(C(=O)N4CCc5ccccc54)nn3)CC2)c(OC)c1OC. The van der Waals surface area contributed by atoms with Crippen LogP contribution in [0.25, 0.3) is 0 Å². The van der Waals surface area contributed by atoms with Crippen molar-refractivity contribution in [2.24, 2.45) is 0 Å². The molecule has 0 N–H and O–H groups in total. The Labute approximate surface area is 211 Å². The predicted octanol–water partition coefficient (Wildman–Crippen LogP) is 3.03. The van der Waals surface area contributed by atoms with Crippen LogP contribution in [-0.2, 0) is 13.0 Å². The number of aromatic nitrogens is 2. The summed E-state index contributed by atoms with van der Waals surface area (Å²) < 4.78 is 16.6. The minimum Gasteiger partial charge on any atom is -0.493 e. The molecule has 9 nitrogen and oxygen atoms in total. The Bertz CT molecular complexity index is 1230. The number of fused-ring (bicyclic) bond motifs is 1. The van der Waals surface area contributed by atoms with E-state index in [1.165, 1.54) is 5.56 Å². The number of hydrogen-bond acceptors (Lipinski definition) is 8. The number of nitrogens with zero attached hydrogens (tertiary/aromatic N) is 5. The maximum absolute atomic E-state index is 13.0. The first-order chi connectivity index (χ1) is 17.6. The van der Waals surface area contributed by atoms with Crippen molar-refractivity contribution in [3.8, 4) is 17.2 Å². The molecule has 188 valence electrons. The summed E-state index contributed by atoms with van der Waals surface area (Å²) in [6, 6.07) is 15.6. The molecule has 9 heteroatoms. The Morgan fingerprint density at radius 2 is 1.61 bits per heavy atom. The van der Waals surface area contributed by atoms with E-state index in [2.05, 4.69) is 26.1 Å². The van der Waals surface area contributed by atoms with Crippen LogP contribution in [0.1, 0.15) is 21.6 Å². The lowest BCUT2D eigenvalue weighted by Gasteiger charge is -2.35. The molecule has 0 bridgehead atoms. The van der Waals surface area contributed by atoms with Crippen LogP contribution in [-0.4, -0.2) is 75.1 Å². The second-order valence-electron chi connectivity index (χ2n) is 8.87. The normalized spacial score (nSPS) is 15.5. The van der Waals surface area contributed by atoms with E-state index in [9.17, 15) is 4.79 Å². The third-order valence-electron chi connectivity index (χ3n) is 6.88.